The van der Waals surface area contributed by atoms with Crippen molar-refractivity contribution in [1.82, 2.24) is 5.32 Å². The summed E-state index contributed by atoms with van der Waals surface area (Å²) in [6, 6.07) is 10.5. The highest BCUT2D eigenvalue weighted by Crippen LogP contribution is 2.37. The number of rotatable bonds is 3. The van der Waals surface area contributed by atoms with E-state index < -0.39 is 0 Å². The Hall–Kier alpha value is -2.20. The zero-order valence-electron chi connectivity index (χ0n) is 13.0. The van der Waals surface area contributed by atoms with E-state index >= 15 is 0 Å². The van der Waals surface area contributed by atoms with Crippen LogP contribution in [0, 0.1) is 0 Å². The van der Waals surface area contributed by atoms with Gasteiger partial charge in [-0.1, -0.05) is 23.7 Å². The van der Waals surface area contributed by atoms with Crippen molar-refractivity contribution in [2.45, 2.75) is 32.4 Å². The molecule has 1 aliphatic rings. The molecule has 2 aromatic rings. The summed E-state index contributed by atoms with van der Waals surface area (Å²) in [6.07, 6.45) is 0.195. The number of ether oxygens (including phenoxy) is 1. The maximum Gasteiger partial charge on any atom is 0.225 e. The van der Waals surface area contributed by atoms with Crippen molar-refractivity contribution in [3.05, 3.63) is 58.1 Å². The van der Waals surface area contributed by atoms with Crippen LogP contribution in [0.15, 0.2) is 36.4 Å². The molecule has 1 unspecified atom stereocenters. The monoisotopic (exact) mass is 331 g/mol. The minimum absolute atomic E-state index is 0.0499. The third kappa shape index (κ3) is 3.27. The fourth-order valence-electron chi connectivity index (χ4n) is 2.78. The predicted molar refractivity (Wildman–Crippen MR) is 89.0 cm³/mol. The Labute approximate surface area is 140 Å². The second-order valence-corrected chi connectivity index (χ2v) is 6.35. The van der Waals surface area contributed by atoms with Crippen molar-refractivity contribution < 1.29 is 14.6 Å². The van der Waals surface area contributed by atoms with Gasteiger partial charge in [0.2, 0.25) is 5.91 Å². The molecular weight excluding hydrogens is 314 g/mol. The second-order valence-electron chi connectivity index (χ2n) is 5.91. The Kier molecular flexibility index (Phi) is 4.18. The number of hydrogen-bond acceptors (Lipinski definition) is 3. The van der Waals surface area contributed by atoms with E-state index in [0.717, 1.165) is 16.7 Å². The molecule has 1 aliphatic heterocycles. The molecule has 1 atom stereocenters. The van der Waals surface area contributed by atoms with E-state index in [1.54, 1.807) is 18.2 Å². The SMILES string of the molecule is CC(C)Oc1cc2c(cc1O)CC(=O)NC2c1ccc(Cl)cc1. The Morgan fingerprint density at radius 1 is 1.26 bits per heavy atom. The number of phenols is 1. The molecule has 1 heterocycles. The number of aromatic hydroxyl groups is 1. The van der Waals surface area contributed by atoms with Gasteiger partial charge in [-0.3, -0.25) is 4.79 Å². The molecule has 5 heteroatoms. The first kappa shape index (κ1) is 15.7. The average Bonchev–Trinajstić information content (AvgIpc) is 2.48. The number of halogens is 1. The van der Waals surface area contributed by atoms with Crippen molar-refractivity contribution >= 4 is 17.5 Å². The number of nitrogens with one attached hydrogen (secondary N) is 1. The highest BCUT2D eigenvalue weighted by Gasteiger charge is 2.27. The first-order valence-corrected chi connectivity index (χ1v) is 7.89. The lowest BCUT2D eigenvalue weighted by molar-refractivity contribution is -0.121. The van der Waals surface area contributed by atoms with Crippen LogP contribution >= 0.6 is 11.6 Å². The first-order valence-electron chi connectivity index (χ1n) is 7.51. The number of fused-ring (bicyclic) bond motifs is 1. The quantitative estimate of drug-likeness (QED) is 0.903. The van der Waals surface area contributed by atoms with Gasteiger partial charge in [-0.05, 0) is 54.8 Å². The predicted octanol–water partition coefficient (Wildman–Crippen LogP) is 3.59. The zero-order chi connectivity index (χ0) is 16.6. The number of phenolic OH excluding ortho intramolecular Hbond substituents is 1. The molecule has 120 valence electrons. The number of benzene rings is 2. The van der Waals surface area contributed by atoms with E-state index in [-0.39, 0.29) is 30.2 Å². The zero-order valence-corrected chi connectivity index (χ0v) is 13.7. The summed E-state index contributed by atoms with van der Waals surface area (Å²) < 4.78 is 5.66. The van der Waals surface area contributed by atoms with Crippen molar-refractivity contribution in [3.63, 3.8) is 0 Å². The molecule has 0 saturated carbocycles. The van der Waals surface area contributed by atoms with Crippen molar-refractivity contribution in [2.24, 2.45) is 0 Å². The Bertz CT molecular complexity index is 741. The largest absolute Gasteiger partial charge is 0.504 e. The number of carbonyl (C=O) groups excluding carboxylic acids is 1. The molecule has 0 bridgehead atoms. The van der Waals surface area contributed by atoms with Gasteiger partial charge in [0.15, 0.2) is 11.5 Å². The van der Waals surface area contributed by atoms with Crippen LogP contribution in [0.3, 0.4) is 0 Å². The van der Waals surface area contributed by atoms with E-state index in [4.69, 9.17) is 16.3 Å². The van der Waals surface area contributed by atoms with Crippen LogP contribution < -0.4 is 10.1 Å². The average molecular weight is 332 g/mol. The molecule has 23 heavy (non-hydrogen) atoms. The Balaban J connectivity index is 2.07. The topological polar surface area (TPSA) is 58.6 Å². The fourth-order valence-corrected chi connectivity index (χ4v) is 2.90. The van der Waals surface area contributed by atoms with E-state index in [9.17, 15) is 9.90 Å². The highest BCUT2D eigenvalue weighted by atomic mass is 35.5. The minimum Gasteiger partial charge on any atom is -0.504 e. The van der Waals surface area contributed by atoms with E-state index in [1.165, 1.54) is 0 Å². The van der Waals surface area contributed by atoms with Gasteiger partial charge in [0.25, 0.3) is 0 Å². The van der Waals surface area contributed by atoms with Crippen molar-refractivity contribution in [1.29, 1.82) is 0 Å². The van der Waals surface area contributed by atoms with Crippen LogP contribution in [-0.4, -0.2) is 17.1 Å². The van der Waals surface area contributed by atoms with Crippen LogP contribution in [0.2, 0.25) is 5.02 Å². The van der Waals surface area contributed by atoms with Gasteiger partial charge in [-0.15, -0.1) is 0 Å². The summed E-state index contributed by atoms with van der Waals surface area (Å²) in [5.41, 5.74) is 2.67. The molecule has 1 amide bonds. The van der Waals surface area contributed by atoms with E-state index in [2.05, 4.69) is 5.32 Å². The van der Waals surface area contributed by atoms with Gasteiger partial charge in [0, 0.05) is 5.02 Å². The van der Waals surface area contributed by atoms with Crippen LogP contribution in [0.4, 0.5) is 0 Å². The summed E-state index contributed by atoms with van der Waals surface area (Å²) in [7, 11) is 0. The lowest BCUT2D eigenvalue weighted by Gasteiger charge is -2.28. The van der Waals surface area contributed by atoms with Crippen molar-refractivity contribution in [2.75, 3.05) is 0 Å². The lowest BCUT2D eigenvalue weighted by atomic mass is 9.89. The number of hydrogen-bond donors (Lipinski definition) is 2. The van der Waals surface area contributed by atoms with Crippen molar-refractivity contribution in [3.8, 4) is 11.5 Å². The molecule has 2 aromatic carbocycles. The van der Waals surface area contributed by atoms with Crippen LogP contribution in [0.5, 0.6) is 11.5 Å². The van der Waals surface area contributed by atoms with Gasteiger partial charge in [-0.2, -0.15) is 0 Å². The van der Waals surface area contributed by atoms with Crippen LogP contribution in [0.25, 0.3) is 0 Å². The molecule has 0 saturated heterocycles. The van der Waals surface area contributed by atoms with Gasteiger partial charge in [0.1, 0.15) is 0 Å². The Morgan fingerprint density at radius 2 is 1.96 bits per heavy atom. The lowest BCUT2D eigenvalue weighted by Crippen LogP contribution is -2.35. The standard InChI is InChI=1S/C18H18ClNO3/c1-10(2)23-16-9-14-12(7-15(16)21)8-17(22)20-18(14)11-3-5-13(19)6-4-11/h3-7,9-10,18,21H,8H2,1-2H3,(H,20,22). The van der Waals surface area contributed by atoms with Crippen LogP contribution in [-0.2, 0) is 11.2 Å². The minimum atomic E-state index is -0.279. The summed E-state index contributed by atoms with van der Waals surface area (Å²) in [6.45, 7) is 3.80. The summed E-state index contributed by atoms with van der Waals surface area (Å²) >= 11 is 5.94. The normalized spacial score (nSPS) is 16.9. The molecule has 4 nitrogen and oxygen atoms in total. The third-order valence-corrected chi connectivity index (χ3v) is 4.01. The smallest absolute Gasteiger partial charge is 0.225 e. The highest BCUT2D eigenvalue weighted by molar-refractivity contribution is 6.30. The van der Waals surface area contributed by atoms with E-state index in [0.29, 0.717) is 10.8 Å². The molecule has 0 radical (unpaired) electrons. The molecule has 0 fully saturated rings. The van der Waals surface area contributed by atoms with Gasteiger partial charge < -0.3 is 15.2 Å². The van der Waals surface area contributed by atoms with E-state index in [1.807, 2.05) is 32.0 Å². The molecule has 0 spiro atoms. The first-order chi connectivity index (χ1) is 10.9. The fraction of sp³-hybridized carbons (Fsp3) is 0.278. The number of amides is 1. The second kappa shape index (κ2) is 6.13. The maximum atomic E-state index is 12.0. The molecule has 3 rings (SSSR count). The number of carbonyl (C=O) groups is 1. The molecule has 0 aliphatic carbocycles. The molecular formula is C18H18ClNO3. The summed E-state index contributed by atoms with van der Waals surface area (Å²) in [5, 5.41) is 13.8. The molecule has 0 aromatic heterocycles. The van der Waals surface area contributed by atoms with Gasteiger partial charge in [-0.25, -0.2) is 0 Å². The van der Waals surface area contributed by atoms with Crippen LogP contribution in [0.1, 0.15) is 36.6 Å². The summed E-state index contributed by atoms with van der Waals surface area (Å²) in [5.74, 6) is 0.408. The molecule has 2 N–H and O–H groups in total. The maximum absolute atomic E-state index is 12.0. The third-order valence-electron chi connectivity index (χ3n) is 3.75. The van der Waals surface area contributed by atoms with Gasteiger partial charge >= 0.3 is 0 Å². The summed E-state index contributed by atoms with van der Waals surface area (Å²) in [4.78, 5) is 12.0. The van der Waals surface area contributed by atoms with Gasteiger partial charge in [0.05, 0.1) is 18.6 Å². The Morgan fingerprint density at radius 3 is 2.61 bits per heavy atom.